The zero-order valence-corrected chi connectivity index (χ0v) is 8.90. The summed E-state index contributed by atoms with van der Waals surface area (Å²) < 4.78 is 0. The van der Waals surface area contributed by atoms with Crippen molar-refractivity contribution in [2.24, 2.45) is 11.8 Å². The summed E-state index contributed by atoms with van der Waals surface area (Å²) in [6.07, 6.45) is 1.30. The van der Waals surface area contributed by atoms with Crippen molar-refractivity contribution in [3.63, 3.8) is 0 Å². The van der Waals surface area contributed by atoms with Crippen LogP contribution in [-0.4, -0.2) is 16.8 Å². The van der Waals surface area contributed by atoms with Gasteiger partial charge in [-0.1, -0.05) is 19.1 Å². The Balaban J connectivity index is 1.85. The molecule has 0 saturated heterocycles. The van der Waals surface area contributed by atoms with E-state index < -0.39 is 0 Å². The third kappa shape index (κ3) is 2.42. The lowest BCUT2D eigenvalue weighted by atomic mass is 10.2. The van der Waals surface area contributed by atoms with Gasteiger partial charge in [0.1, 0.15) is 0 Å². The van der Waals surface area contributed by atoms with E-state index in [0.29, 0.717) is 6.54 Å². The van der Waals surface area contributed by atoms with Crippen LogP contribution in [-0.2, 0) is 6.54 Å². The maximum absolute atomic E-state index is 9.54. The van der Waals surface area contributed by atoms with Gasteiger partial charge in [-0.3, -0.25) is 0 Å². The van der Waals surface area contributed by atoms with Crippen LogP contribution in [0.2, 0.25) is 0 Å². The zero-order valence-electron chi connectivity index (χ0n) is 8.90. The van der Waals surface area contributed by atoms with Crippen molar-refractivity contribution >= 4 is 0 Å². The minimum Gasteiger partial charge on any atom is -0.504 e. The van der Waals surface area contributed by atoms with E-state index in [1.165, 1.54) is 12.5 Å². The Morgan fingerprint density at radius 1 is 1.40 bits per heavy atom. The molecule has 2 atom stereocenters. The fraction of sp³-hybridized carbons (Fsp3) is 0.500. The molecule has 1 aliphatic carbocycles. The molecule has 2 unspecified atom stereocenters. The average Bonchev–Trinajstić information content (AvgIpc) is 2.89. The second-order valence-corrected chi connectivity index (χ2v) is 4.39. The topological polar surface area (TPSA) is 52.5 Å². The number of benzene rings is 1. The van der Waals surface area contributed by atoms with E-state index >= 15 is 0 Å². The highest BCUT2D eigenvalue weighted by molar-refractivity contribution is 5.44. The molecular weight excluding hydrogens is 190 g/mol. The quantitative estimate of drug-likeness (QED) is 0.660. The molecule has 15 heavy (non-hydrogen) atoms. The summed E-state index contributed by atoms with van der Waals surface area (Å²) in [5.74, 6) is 1.59. The van der Waals surface area contributed by atoms with Crippen LogP contribution in [0.1, 0.15) is 18.9 Å². The summed E-state index contributed by atoms with van der Waals surface area (Å²) in [5.41, 5.74) is 0.753. The Labute approximate surface area is 89.8 Å². The molecule has 1 aromatic carbocycles. The first kappa shape index (κ1) is 10.3. The van der Waals surface area contributed by atoms with Gasteiger partial charge in [0.15, 0.2) is 11.5 Å². The summed E-state index contributed by atoms with van der Waals surface area (Å²) in [5, 5.41) is 22.1. The molecule has 0 radical (unpaired) electrons. The fourth-order valence-corrected chi connectivity index (χ4v) is 1.80. The smallest absolute Gasteiger partial charge is 0.161 e. The van der Waals surface area contributed by atoms with Crippen molar-refractivity contribution in [3.05, 3.63) is 23.8 Å². The number of aromatic hydroxyl groups is 2. The van der Waals surface area contributed by atoms with Gasteiger partial charge in [0.2, 0.25) is 0 Å². The summed E-state index contributed by atoms with van der Waals surface area (Å²) in [6.45, 7) is 3.86. The first-order valence-electron chi connectivity index (χ1n) is 5.39. The third-order valence-electron chi connectivity index (χ3n) is 3.10. The molecule has 0 heterocycles. The average molecular weight is 207 g/mol. The molecule has 1 aliphatic rings. The molecule has 3 N–H and O–H groups in total. The van der Waals surface area contributed by atoms with Crippen molar-refractivity contribution in [3.8, 4) is 11.5 Å². The van der Waals surface area contributed by atoms with Gasteiger partial charge in [0, 0.05) is 12.1 Å². The zero-order chi connectivity index (χ0) is 10.8. The summed E-state index contributed by atoms with van der Waals surface area (Å²) in [6, 6.07) is 5.05. The second-order valence-electron chi connectivity index (χ2n) is 4.39. The van der Waals surface area contributed by atoms with Gasteiger partial charge in [0.05, 0.1) is 0 Å². The van der Waals surface area contributed by atoms with Crippen LogP contribution in [0.15, 0.2) is 18.2 Å². The Morgan fingerprint density at radius 3 is 2.80 bits per heavy atom. The second kappa shape index (κ2) is 4.11. The minimum atomic E-state index is -0.0471. The van der Waals surface area contributed by atoms with E-state index in [1.807, 2.05) is 6.07 Å². The third-order valence-corrected chi connectivity index (χ3v) is 3.10. The standard InChI is InChI=1S/C12H17NO2/c1-8-5-10(8)7-13-6-9-3-2-4-11(14)12(9)15/h2-4,8,10,13-15H,5-7H2,1H3. The number of nitrogens with one attached hydrogen (secondary N) is 1. The Bertz CT molecular complexity index is 351. The predicted octanol–water partition coefficient (Wildman–Crippen LogP) is 1.84. The predicted molar refractivity (Wildman–Crippen MR) is 58.7 cm³/mol. The first-order chi connectivity index (χ1) is 7.18. The van der Waals surface area contributed by atoms with E-state index in [4.69, 9.17) is 0 Å². The maximum Gasteiger partial charge on any atom is 0.161 e. The van der Waals surface area contributed by atoms with Gasteiger partial charge in [-0.25, -0.2) is 0 Å². The van der Waals surface area contributed by atoms with Crippen molar-refractivity contribution in [2.45, 2.75) is 19.9 Å². The molecule has 82 valence electrons. The molecule has 0 amide bonds. The Morgan fingerprint density at radius 2 is 2.13 bits per heavy atom. The van der Waals surface area contributed by atoms with Gasteiger partial charge in [0.25, 0.3) is 0 Å². The number of phenols is 2. The van der Waals surface area contributed by atoms with Crippen LogP contribution in [0.5, 0.6) is 11.5 Å². The van der Waals surface area contributed by atoms with Crippen LogP contribution in [0.3, 0.4) is 0 Å². The molecule has 1 fully saturated rings. The number of hydrogen-bond acceptors (Lipinski definition) is 3. The van der Waals surface area contributed by atoms with Gasteiger partial charge in [-0.05, 0) is 30.9 Å². The van der Waals surface area contributed by atoms with E-state index in [9.17, 15) is 10.2 Å². The van der Waals surface area contributed by atoms with Crippen molar-refractivity contribution in [1.82, 2.24) is 5.32 Å². The Kier molecular flexibility index (Phi) is 2.82. The molecule has 3 nitrogen and oxygen atoms in total. The molecular formula is C12H17NO2. The molecule has 0 aliphatic heterocycles. The lowest BCUT2D eigenvalue weighted by molar-refractivity contribution is 0.397. The molecule has 1 aromatic rings. The summed E-state index contributed by atoms with van der Waals surface area (Å²) in [7, 11) is 0. The van der Waals surface area contributed by atoms with Crippen molar-refractivity contribution in [1.29, 1.82) is 0 Å². The van der Waals surface area contributed by atoms with Gasteiger partial charge in [-0.15, -0.1) is 0 Å². The lowest BCUT2D eigenvalue weighted by Gasteiger charge is -2.07. The minimum absolute atomic E-state index is 0.00570. The van der Waals surface area contributed by atoms with E-state index in [0.717, 1.165) is 23.9 Å². The number of rotatable bonds is 4. The number of phenolic OH excluding ortho intramolecular Hbond substituents is 2. The SMILES string of the molecule is CC1CC1CNCc1cccc(O)c1O. The Hall–Kier alpha value is -1.22. The highest BCUT2D eigenvalue weighted by Crippen LogP contribution is 2.37. The van der Waals surface area contributed by atoms with Crippen LogP contribution in [0, 0.1) is 11.8 Å². The highest BCUT2D eigenvalue weighted by atomic mass is 16.3. The van der Waals surface area contributed by atoms with Gasteiger partial charge in [-0.2, -0.15) is 0 Å². The van der Waals surface area contributed by atoms with Crippen LogP contribution < -0.4 is 5.32 Å². The van der Waals surface area contributed by atoms with Gasteiger partial charge >= 0.3 is 0 Å². The van der Waals surface area contributed by atoms with E-state index in [-0.39, 0.29) is 11.5 Å². The number of para-hydroxylation sites is 1. The van der Waals surface area contributed by atoms with E-state index in [2.05, 4.69) is 12.2 Å². The van der Waals surface area contributed by atoms with Gasteiger partial charge < -0.3 is 15.5 Å². The van der Waals surface area contributed by atoms with Crippen LogP contribution >= 0.6 is 0 Å². The van der Waals surface area contributed by atoms with Crippen LogP contribution in [0.25, 0.3) is 0 Å². The molecule has 1 saturated carbocycles. The fourth-order valence-electron chi connectivity index (χ4n) is 1.80. The largest absolute Gasteiger partial charge is 0.504 e. The molecule has 0 aromatic heterocycles. The van der Waals surface area contributed by atoms with Crippen molar-refractivity contribution in [2.75, 3.05) is 6.54 Å². The van der Waals surface area contributed by atoms with Crippen molar-refractivity contribution < 1.29 is 10.2 Å². The first-order valence-corrected chi connectivity index (χ1v) is 5.39. The van der Waals surface area contributed by atoms with Crippen LogP contribution in [0.4, 0.5) is 0 Å². The molecule has 3 heteroatoms. The number of hydrogen-bond donors (Lipinski definition) is 3. The molecule has 0 bridgehead atoms. The van der Waals surface area contributed by atoms with E-state index in [1.54, 1.807) is 6.07 Å². The normalized spacial score (nSPS) is 24.1. The molecule has 2 rings (SSSR count). The monoisotopic (exact) mass is 207 g/mol. The summed E-state index contributed by atoms with van der Waals surface area (Å²) in [4.78, 5) is 0. The molecule has 0 spiro atoms. The lowest BCUT2D eigenvalue weighted by Crippen LogP contribution is -2.16. The maximum atomic E-state index is 9.54. The highest BCUT2D eigenvalue weighted by Gasteiger charge is 2.31. The summed E-state index contributed by atoms with van der Waals surface area (Å²) >= 11 is 0.